The van der Waals surface area contributed by atoms with Crippen molar-refractivity contribution in [3.8, 4) is 6.07 Å². The highest BCUT2D eigenvalue weighted by molar-refractivity contribution is 5.68. The van der Waals surface area contributed by atoms with Gasteiger partial charge in [0.15, 0.2) is 0 Å². The molecule has 1 fully saturated rings. The third-order valence-corrected chi connectivity index (χ3v) is 3.33. The van der Waals surface area contributed by atoms with Crippen LogP contribution in [0.1, 0.15) is 32.8 Å². The number of benzene rings is 1. The Balaban J connectivity index is 1.99. The fourth-order valence-corrected chi connectivity index (χ4v) is 2.44. The second-order valence-corrected chi connectivity index (χ2v) is 6.35. The molecule has 0 bridgehead atoms. The van der Waals surface area contributed by atoms with Gasteiger partial charge in [0.1, 0.15) is 17.5 Å². The van der Waals surface area contributed by atoms with Crippen LogP contribution in [-0.2, 0) is 4.74 Å². The van der Waals surface area contributed by atoms with Crippen molar-refractivity contribution in [2.45, 2.75) is 38.8 Å². The number of anilines is 1. The summed E-state index contributed by atoms with van der Waals surface area (Å²) in [4.78, 5) is 13.7. The maximum absolute atomic E-state index is 13.2. The monoisotopic (exact) mass is 305 g/mol. The Morgan fingerprint density at radius 3 is 2.86 bits per heavy atom. The summed E-state index contributed by atoms with van der Waals surface area (Å²) in [6.07, 6.45) is 0.306. The van der Waals surface area contributed by atoms with Gasteiger partial charge in [-0.3, -0.25) is 0 Å². The number of alkyl carbamates (subject to hydrolysis) is 1. The van der Waals surface area contributed by atoms with Crippen LogP contribution in [0.4, 0.5) is 14.9 Å². The minimum atomic E-state index is -0.534. The van der Waals surface area contributed by atoms with E-state index in [0.717, 1.165) is 6.42 Å². The maximum atomic E-state index is 13.2. The fraction of sp³-hybridized carbons (Fsp3) is 0.500. The molecule has 0 aromatic heterocycles. The van der Waals surface area contributed by atoms with Crippen LogP contribution in [0.25, 0.3) is 0 Å². The molecule has 1 N–H and O–H groups in total. The number of nitrogens with one attached hydrogen (secondary N) is 1. The van der Waals surface area contributed by atoms with E-state index < -0.39 is 17.5 Å². The molecule has 1 heterocycles. The summed E-state index contributed by atoms with van der Waals surface area (Å²) >= 11 is 0. The lowest BCUT2D eigenvalue weighted by Gasteiger charge is -2.23. The normalized spacial score (nSPS) is 18.0. The zero-order chi connectivity index (χ0) is 16.3. The highest BCUT2D eigenvalue weighted by Gasteiger charge is 2.27. The SMILES string of the molecule is CC(C)(C)OC(=O)NC1CCN(c2ccc(F)cc2C#N)C1. The lowest BCUT2D eigenvalue weighted by Crippen LogP contribution is -2.40. The number of hydrogen-bond donors (Lipinski definition) is 1. The van der Waals surface area contributed by atoms with Gasteiger partial charge in [0.05, 0.1) is 17.3 Å². The zero-order valence-electron chi connectivity index (χ0n) is 13.0. The first-order chi connectivity index (χ1) is 10.3. The van der Waals surface area contributed by atoms with E-state index in [1.807, 2.05) is 31.7 Å². The van der Waals surface area contributed by atoms with E-state index in [1.54, 1.807) is 6.07 Å². The first-order valence-electron chi connectivity index (χ1n) is 7.22. The number of carbonyl (C=O) groups is 1. The lowest BCUT2D eigenvalue weighted by molar-refractivity contribution is 0.0509. The number of ether oxygens (including phenoxy) is 1. The number of nitrogens with zero attached hydrogens (tertiary/aromatic N) is 2. The molecule has 1 atom stereocenters. The van der Waals surface area contributed by atoms with Gasteiger partial charge < -0.3 is 15.0 Å². The molecule has 1 aliphatic heterocycles. The summed E-state index contributed by atoms with van der Waals surface area (Å²) in [7, 11) is 0. The Labute approximate surface area is 129 Å². The molecule has 6 heteroatoms. The van der Waals surface area contributed by atoms with Crippen molar-refractivity contribution >= 4 is 11.8 Å². The number of rotatable bonds is 2. The van der Waals surface area contributed by atoms with Crippen LogP contribution in [-0.4, -0.2) is 30.8 Å². The van der Waals surface area contributed by atoms with Crippen molar-refractivity contribution in [1.82, 2.24) is 5.32 Å². The Morgan fingerprint density at radius 2 is 2.23 bits per heavy atom. The smallest absolute Gasteiger partial charge is 0.407 e. The van der Waals surface area contributed by atoms with E-state index in [0.29, 0.717) is 24.3 Å². The van der Waals surface area contributed by atoms with Crippen LogP contribution in [0.3, 0.4) is 0 Å². The van der Waals surface area contributed by atoms with E-state index in [1.165, 1.54) is 12.1 Å². The molecule has 1 saturated heterocycles. The van der Waals surface area contributed by atoms with Gasteiger partial charge in [0.25, 0.3) is 0 Å². The largest absolute Gasteiger partial charge is 0.444 e. The minimum Gasteiger partial charge on any atom is -0.444 e. The molecule has 22 heavy (non-hydrogen) atoms. The molecule has 1 aromatic rings. The van der Waals surface area contributed by atoms with E-state index in [4.69, 9.17) is 10.00 Å². The van der Waals surface area contributed by atoms with Crippen molar-refractivity contribution in [3.05, 3.63) is 29.6 Å². The number of halogens is 1. The Hall–Kier alpha value is -2.29. The molecule has 0 spiro atoms. The minimum absolute atomic E-state index is 0.0496. The Bertz CT molecular complexity index is 604. The van der Waals surface area contributed by atoms with Gasteiger partial charge >= 0.3 is 6.09 Å². The molecule has 5 nitrogen and oxygen atoms in total. The van der Waals surface area contributed by atoms with Crippen molar-refractivity contribution < 1.29 is 13.9 Å². The molecule has 2 rings (SSSR count). The summed E-state index contributed by atoms with van der Waals surface area (Å²) in [5.74, 6) is -0.428. The highest BCUT2D eigenvalue weighted by Crippen LogP contribution is 2.25. The number of carbonyl (C=O) groups excluding carboxylic acids is 1. The van der Waals surface area contributed by atoms with Crippen LogP contribution in [0, 0.1) is 17.1 Å². The van der Waals surface area contributed by atoms with E-state index in [-0.39, 0.29) is 6.04 Å². The first-order valence-corrected chi connectivity index (χ1v) is 7.22. The van der Waals surface area contributed by atoms with Crippen LogP contribution < -0.4 is 10.2 Å². The van der Waals surface area contributed by atoms with Crippen molar-refractivity contribution in [3.63, 3.8) is 0 Å². The van der Waals surface area contributed by atoms with Gasteiger partial charge in [-0.15, -0.1) is 0 Å². The second-order valence-electron chi connectivity index (χ2n) is 6.35. The van der Waals surface area contributed by atoms with Gasteiger partial charge in [0.2, 0.25) is 0 Å². The molecular weight excluding hydrogens is 285 g/mol. The summed E-state index contributed by atoms with van der Waals surface area (Å²) in [5.41, 5.74) is 0.461. The van der Waals surface area contributed by atoms with Crippen molar-refractivity contribution in [2.75, 3.05) is 18.0 Å². The van der Waals surface area contributed by atoms with E-state index in [9.17, 15) is 9.18 Å². The summed E-state index contributed by atoms with van der Waals surface area (Å²) in [6, 6.07) is 6.12. The van der Waals surface area contributed by atoms with E-state index in [2.05, 4.69) is 5.32 Å². The summed E-state index contributed by atoms with van der Waals surface area (Å²) in [6.45, 7) is 6.70. The predicted octanol–water partition coefficient (Wildman–Crippen LogP) is 2.80. The molecule has 1 unspecified atom stereocenters. The highest BCUT2D eigenvalue weighted by atomic mass is 19.1. The van der Waals surface area contributed by atoms with Gasteiger partial charge in [-0.1, -0.05) is 0 Å². The van der Waals surface area contributed by atoms with Gasteiger partial charge in [-0.05, 0) is 45.4 Å². The van der Waals surface area contributed by atoms with Gasteiger partial charge in [-0.25, -0.2) is 9.18 Å². The third-order valence-electron chi connectivity index (χ3n) is 3.33. The van der Waals surface area contributed by atoms with Crippen LogP contribution >= 0.6 is 0 Å². The van der Waals surface area contributed by atoms with Crippen molar-refractivity contribution in [1.29, 1.82) is 5.26 Å². The predicted molar refractivity (Wildman–Crippen MR) is 81.1 cm³/mol. The Kier molecular flexibility index (Phi) is 4.55. The average Bonchev–Trinajstić information content (AvgIpc) is 2.84. The molecule has 1 aromatic carbocycles. The number of amides is 1. The fourth-order valence-electron chi connectivity index (χ4n) is 2.44. The van der Waals surface area contributed by atoms with Gasteiger partial charge in [-0.2, -0.15) is 5.26 Å². The van der Waals surface area contributed by atoms with Crippen LogP contribution in [0.15, 0.2) is 18.2 Å². The van der Waals surface area contributed by atoms with Crippen LogP contribution in [0.5, 0.6) is 0 Å². The molecule has 0 saturated carbocycles. The third kappa shape index (κ3) is 4.10. The molecular formula is C16H20FN3O2. The molecule has 0 aliphatic carbocycles. The lowest BCUT2D eigenvalue weighted by atomic mass is 10.1. The van der Waals surface area contributed by atoms with Crippen molar-refractivity contribution in [2.24, 2.45) is 0 Å². The topological polar surface area (TPSA) is 65.4 Å². The maximum Gasteiger partial charge on any atom is 0.407 e. The first kappa shape index (κ1) is 16.1. The quantitative estimate of drug-likeness (QED) is 0.912. The average molecular weight is 305 g/mol. The summed E-state index contributed by atoms with van der Waals surface area (Å²) in [5, 5.41) is 11.9. The number of nitriles is 1. The standard InChI is InChI=1S/C16H20FN3O2/c1-16(2,3)22-15(21)19-13-6-7-20(10-13)14-5-4-12(17)8-11(14)9-18/h4-5,8,13H,6-7,10H2,1-3H3,(H,19,21). The molecule has 1 amide bonds. The molecule has 118 valence electrons. The molecule has 0 radical (unpaired) electrons. The summed E-state index contributed by atoms with van der Waals surface area (Å²) < 4.78 is 18.4. The Morgan fingerprint density at radius 1 is 1.50 bits per heavy atom. The van der Waals surface area contributed by atoms with E-state index >= 15 is 0 Å². The zero-order valence-corrected chi connectivity index (χ0v) is 13.0. The van der Waals surface area contributed by atoms with Crippen LogP contribution in [0.2, 0.25) is 0 Å². The molecule has 1 aliphatic rings. The second kappa shape index (κ2) is 6.22. The number of hydrogen-bond acceptors (Lipinski definition) is 4. The van der Waals surface area contributed by atoms with Gasteiger partial charge in [0, 0.05) is 13.1 Å².